The van der Waals surface area contributed by atoms with Gasteiger partial charge in [0.1, 0.15) is 11.4 Å². The van der Waals surface area contributed by atoms with Crippen molar-refractivity contribution in [1.29, 1.82) is 0 Å². The first-order valence-corrected chi connectivity index (χ1v) is 9.00. The summed E-state index contributed by atoms with van der Waals surface area (Å²) in [5, 5.41) is 9.02. The number of rotatable bonds is 6. The van der Waals surface area contributed by atoms with Crippen molar-refractivity contribution in [2.24, 2.45) is 0 Å². The fourth-order valence-corrected chi connectivity index (χ4v) is 2.95. The molecule has 4 rings (SSSR count). The number of ether oxygens (including phenoxy) is 1. The zero-order valence-corrected chi connectivity index (χ0v) is 15.1. The van der Waals surface area contributed by atoms with Crippen molar-refractivity contribution >= 4 is 17.0 Å². The molecule has 1 aromatic heterocycles. The molecule has 4 aromatic rings. The van der Waals surface area contributed by atoms with Crippen molar-refractivity contribution in [3.8, 4) is 22.8 Å². The third kappa shape index (κ3) is 3.99. The fourth-order valence-electron chi connectivity index (χ4n) is 2.95. The molecule has 0 atom stereocenters. The lowest BCUT2D eigenvalue weighted by Crippen LogP contribution is -2.03. The molecule has 0 spiro atoms. The van der Waals surface area contributed by atoms with E-state index in [-0.39, 0.29) is 12.8 Å². The molecule has 3 aromatic carbocycles. The quantitative estimate of drug-likeness (QED) is 0.511. The maximum Gasteiger partial charge on any atom is 0.303 e. The largest absolute Gasteiger partial charge is 0.481 e. The number of benzene rings is 3. The maximum atomic E-state index is 11.0. The van der Waals surface area contributed by atoms with Crippen molar-refractivity contribution in [1.82, 2.24) is 9.97 Å². The Morgan fingerprint density at radius 1 is 0.786 bits per heavy atom. The van der Waals surface area contributed by atoms with Crippen LogP contribution in [0.5, 0.6) is 11.6 Å². The van der Waals surface area contributed by atoms with Crippen LogP contribution in [-0.4, -0.2) is 21.0 Å². The van der Waals surface area contributed by atoms with E-state index in [9.17, 15) is 4.79 Å². The van der Waals surface area contributed by atoms with E-state index in [0.717, 1.165) is 16.6 Å². The molecule has 1 N–H and O–H groups in total. The molecule has 0 aliphatic carbocycles. The number of carboxylic acids is 1. The summed E-state index contributed by atoms with van der Waals surface area (Å²) in [6.45, 7) is 0. The Kier molecular flexibility index (Phi) is 4.97. The standard InChI is InChI=1S/C23H18N2O3/c26-22(27)15-14-21-23(25-20-9-5-4-8-19(20)24-21)28-18-12-10-17(11-13-18)16-6-2-1-3-7-16/h1-13H,14-15H2,(H,26,27). The van der Waals surface area contributed by atoms with Gasteiger partial charge in [-0.3, -0.25) is 4.79 Å². The average Bonchev–Trinajstić information content (AvgIpc) is 2.73. The van der Waals surface area contributed by atoms with Crippen molar-refractivity contribution in [2.75, 3.05) is 0 Å². The van der Waals surface area contributed by atoms with Gasteiger partial charge in [-0.25, -0.2) is 9.97 Å². The number of para-hydroxylation sites is 2. The number of aliphatic carboxylic acids is 1. The van der Waals surface area contributed by atoms with Gasteiger partial charge in [0.25, 0.3) is 0 Å². The molecule has 0 fully saturated rings. The van der Waals surface area contributed by atoms with Crippen LogP contribution in [0.4, 0.5) is 0 Å². The van der Waals surface area contributed by atoms with Gasteiger partial charge in [-0.15, -0.1) is 0 Å². The first-order chi connectivity index (χ1) is 13.7. The number of fused-ring (bicyclic) bond motifs is 1. The Morgan fingerprint density at radius 3 is 2.07 bits per heavy atom. The monoisotopic (exact) mass is 370 g/mol. The first kappa shape index (κ1) is 17.7. The maximum absolute atomic E-state index is 11.0. The van der Waals surface area contributed by atoms with Gasteiger partial charge in [-0.05, 0) is 35.4 Å². The van der Waals surface area contributed by atoms with E-state index >= 15 is 0 Å². The van der Waals surface area contributed by atoms with Gasteiger partial charge < -0.3 is 9.84 Å². The van der Waals surface area contributed by atoms with Gasteiger partial charge in [-0.2, -0.15) is 0 Å². The summed E-state index contributed by atoms with van der Waals surface area (Å²) >= 11 is 0. The van der Waals surface area contributed by atoms with Crippen molar-refractivity contribution in [3.63, 3.8) is 0 Å². The predicted molar refractivity (Wildman–Crippen MR) is 107 cm³/mol. The highest BCUT2D eigenvalue weighted by Gasteiger charge is 2.13. The average molecular weight is 370 g/mol. The van der Waals surface area contributed by atoms with Crippen LogP contribution in [0.2, 0.25) is 0 Å². The first-order valence-electron chi connectivity index (χ1n) is 9.00. The number of aryl methyl sites for hydroxylation is 1. The lowest BCUT2D eigenvalue weighted by atomic mass is 10.1. The van der Waals surface area contributed by atoms with E-state index in [1.807, 2.05) is 66.7 Å². The lowest BCUT2D eigenvalue weighted by molar-refractivity contribution is -0.136. The molecule has 0 aliphatic rings. The second-order valence-corrected chi connectivity index (χ2v) is 6.35. The second-order valence-electron chi connectivity index (χ2n) is 6.35. The minimum atomic E-state index is -0.881. The molecule has 28 heavy (non-hydrogen) atoms. The van der Waals surface area contributed by atoms with Crippen molar-refractivity contribution in [3.05, 3.63) is 84.6 Å². The van der Waals surface area contributed by atoms with Gasteiger partial charge in [-0.1, -0.05) is 54.6 Å². The second kappa shape index (κ2) is 7.88. The summed E-state index contributed by atoms with van der Waals surface area (Å²) in [5.41, 5.74) is 4.17. The number of hydrogen-bond donors (Lipinski definition) is 1. The predicted octanol–water partition coefficient (Wildman–Crippen LogP) is 5.11. The summed E-state index contributed by atoms with van der Waals surface area (Å²) in [6, 6.07) is 25.3. The van der Waals surface area contributed by atoms with Crippen molar-refractivity contribution in [2.45, 2.75) is 12.8 Å². The van der Waals surface area contributed by atoms with Crippen LogP contribution in [0.1, 0.15) is 12.1 Å². The molecule has 0 saturated heterocycles. The Labute approximate surface area is 162 Å². The van der Waals surface area contributed by atoms with Crippen LogP contribution in [0, 0.1) is 0 Å². The van der Waals surface area contributed by atoms with Crippen LogP contribution < -0.4 is 4.74 Å². The van der Waals surface area contributed by atoms with Crippen LogP contribution in [0.15, 0.2) is 78.9 Å². The minimum absolute atomic E-state index is 0.0314. The van der Waals surface area contributed by atoms with Crippen LogP contribution in [0.3, 0.4) is 0 Å². The van der Waals surface area contributed by atoms with Crippen LogP contribution >= 0.6 is 0 Å². The third-order valence-electron chi connectivity index (χ3n) is 4.36. The SMILES string of the molecule is O=C(O)CCc1nc2ccccc2nc1Oc1ccc(-c2ccccc2)cc1. The van der Waals surface area contributed by atoms with E-state index < -0.39 is 5.97 Å². The van der Waals surface area contributed by atoms with Crippen LogP contribution in [0.25, 0.3) is 22.2 Å². The summed E-state index contributed by atoms with van der Waals surface area (Å²) in [6.07, 6.45) is 0.223. The highest BCUT2D eigenvalue weighted by atomic mass is 16.5. The van der Waals surface area contributed by atoms with Gasteiger partial charge in [0.2, 0.25) is 5.88 Å². The number of aromatic nitrogens is 2. The van der Waals surface area contributed by atoms with E-state index in [4.69, 9.17) is 9.84 Å². The molecular formula is C23H18N2O3. The lowest BCUT2D eigenvalue weighted by Gasteiger charge is -2.11. The van der Waals surface area contributed by atoms with Gasteiger partial charge >= 0.3 is 5.97 Å². The summed E-state index contributed by atoms with van der Waals surface area (Å²) in [4.78, 5) is 20.1. The molecule has 0 aliphatic heterocycles. The van der Waals surface area contributed by atoms with E-state index in [2.05, 4.69) is 22.1 Å². The van der Waals surface area contributed by atoms with Gasteiger partial charge in [0.15, 0.2) is 0 Å². The molecule has 138 valence electrons. The summed E-state index contributed by atoms with van der Waals surface area (Å²) in [7, 11) is 0. The number of carboxylic acid groups (broad SMARTS) is 1. The Hall–Kier alpha value is -3.73. The fraction of sp³-hybridized carbons (Fsp3) is 0.0870. The molecule has 0 amide bonds. The van der Waals surface area contributed by atoms with Gasteiger partial charge in [0, 0.05) is 6.42 Å². The van der Waals surface area contributed by atoms with E-state index in [1.165, 1.54) is 0 Å². The Balaban J connectivity index is 1.64. The molecule has 1 heterocycles. The molecule has 0 unspecified atom stereocenters. The Morgan fingerprint density at radius 2 is 1.39 bits per heavy atom. The van der Waals surface area contributed by atoms with Crippen LogP contribution in [-0.2, 0) is 11.2 Å². The van der Waals surface area contributed by atoms with E-state index in [1.54, 1.807) is 0 Å². The molecule has 5 nitrogen and oxygen atoms in total. The molecule has 0 saturated carbocycles. The topological polar surface area (TPSA) is 72.3 Å². The summed E-state index contributed by atoms with van der Waals surface area (Å²) < 4.78 is 5.97. The van der Waals surface area contributed by atoms with E-state index in [0.29, 0.717) is 22.8 Å². The Bertz CT molecular complexity index is 1110. The zero-order chi connectivity index (χ0) is 19.3. The number of nitrogens with zero attached hydrogens (tertiary/aromatic N) is 2. The third-order valence-corrected chi connectivity index (χ3v) is 4.36. The minimum Gasteiger partial charge on any atom is -0.481 e. The molecule has 5 heteroatoms. The van der Waals surface area contributed by atoms with Crippen molar-refractivity contribution < 1.29 is 14.6 Å². The van der Waals surface area contributed by atoms with Gasteiger partial charge in [0.05, 0.1) is 17.5 Å². The zero-order valence-electron chi connectivity index (χ0n) is 15.1. The smallest absolute Gasteiger partial charge is 0.303 e. The highest BCUT2D eigenvalue weighted by molar-refractivity contribution is 5.75. The molecular weight excluding hydrogens is 352 g/mol. The highest BCUT2D eigenvalue weighted by Crippen LogP contribution is 2.28. The molecule has 0 radical (unpaired) electrons. The normalized spacial score (nSPS) is 10.7. The summed E-state index contributed by atoms with van der Waals surface area (Å²) in [5.74, 6) is 0.0846. The number of hydrogen-bond acceptors (Lipinski definition) is 4. The number of carbonyl (C=O) groups is 1. The molecule has 0 bridgehead atoms.